The lowest BCUT2D eigenvalue weighted by Gasteiger charge is -2.32. The highest BCUT2D eigenvalue weighted by atomic mass is 16.4. The van der Waals surface area contributed by atoms with Crippen molar-refractivity contribution in [2.75, 3.05) is 19.6 Å². The van der Waals surface area contributed by atoms with Gasteiger partial charge in [0, 0.05) is 6.54 Å². The Labute approximate surface area is 110 Å². The van der Waals surface area contributed by atoms with Crippen LogP contribution in [0.1, 0.15) is 46.0 Å². The summed E-state index contributed by atoms with van der Waals surface area (Å²) in [6, 6.07) is 0. The lowest BCUT2D eigenvalue weighted by molar-refractivity contribution is -0.145. The van der Waals surface area contributed by atoms with Gasteiger partial charge in [-0.1, -0.05) is 13.8 Å². The molecule has 18 heavy (non-hydrogen) atoms. The summed E-state index contributed by atoms with van der Waals surface area (Å²) < 4.78 is 0. The van der Waals surface area contributed by atoms with Crippen LogP contribution in [0.4, 0.5) is 0 Å². The third-order valence-electron chi connectivity index (χ3n) is 4.62. The molecular weight excluding hydrogens is 228 g/mol. The number of aliphatic carboxylic acids is 1. The van der Waals surface area contributed by atoms with Gasteiger partial charge >= 0.3 is 5.97 Å². The van der Waals surface area contributed by atoms with Gasteiger partial charge in [-0.25, -0.2) is 0 Å². The standard InChI is InChI=1S/C14H26N2O2/c1-13(2)6-3-8-16(9-7-13)10-14(15,12(17)18)11-4-5-11/h11H,3-10,15H2,1-2H3,(H,17,18). The van der Waals surface area contributed by atoms with Gasteiger partial charge in [0.2, 0.25) is 0 Å². The summed E-state index contributed by atoms with van der Waals surface area (Å²) in [7, 11) is 0. The number of hydrogen-bond donors (Lipinski definition) is 2. The third-order valence-corrected chi connectivity index (χ3v) is 4.62. The smallest absolute Gasteiger partial charge is 0.325 e. The zero-order chi connectivity index (χ0) is 13.4. The van der Waals surface area contributed by atoms with Crippen LogP contribution in [-0.2, 0) is 4.79 Å². The van der Waals surface area contributed by atoms with E-state index in [4.69, 9.17) is 5.73 Å². The van der Waals surface area contributed by atoms with Crippen molar-refractivity contribution in [1.82, 2.24) is 4.90 Å². The van der Waals surface area contributed by atoms with E-state index in [-0.39, 0.29) is 5.92 Å². The van der Waals surface area contributed by atoms with E-state index in [2.05, 4.69) is 18.7 Å². The van der Waals surface area contributed by atoms with E-state index in [9.17, 15) is 9.90 Å². The van der Waals surface area contributed by atoms with Gasteiger partial charge in [-0.3, -0.25) is 4.79 Å². The first-order chi connectivity index (χ1) is 8.33. The Kier molecular flexibility index (Phi) is 3.70. The summed E-state index contributed by atoms with van der Waals surface area (Å²) in [5.74, 6) is -0.639. The van der Waals surface area contributed by atoms with Crippen molar-refractivity contribution in [3.05, 3.63) is 0 Å². The van der Waals surface area contributed by atoms with Crippen LogP contribution in [0.3, 0.4) is 0 Å². The van der Waals surface area contributed by atoms with Crippen LogP contribution < -0.4 is 5.73 Å². The molecule has 0 aromatic carbocycles. The van der Waals surface area contributed by atoms with Crippen LogP contribution in [0.5, 0.6) is 0 Å². The number of carboxylic acid groups (broad SMARTS) is 1. The highest BCUT2D eigenvalue weighted by molar-refractivity contribution is 5.79. The number of nitrogens with zero attached hydrogens (tertiary/aromatic N) is 1. The largest absolute Gasteiger partial charge is 0.480 e. The molecule has 2 rings (SSSR count). The molecule has 0 aromatic rings. The van der Waals surface area contributed by atoms with Gasteiger partial charge in [-0.05, 0) is 56.5 Å². The second-order valence-electron chi connectivity index (χ2n) is 6.91. The maximum absolute atomic E-state index is 11.4. The van der Waals surface area contributed by atoms with Crippen molar-refractivity contribution >= 4 is 5.97 Å². The van der Waals surface area contributed by atoms with Gasteiger partial charge < -0.3 is 15.7 Å². The fraction of sp³-hybridized carbons (Fsp3) is 0.929. The Morgan fingerprint density at radius 2 is 2.06 bits per heavy atom. The monoisotopic (exact) mass is 254 g/mol. The van der Waals surface area contributed by atoms with Crippen LogP contribution >= 0.6 is 0 Å². The van der Waals surface area contributed by atoms with E-state index in [0.29, 0.717) is 12.0 Å². The number of nitrogens with two attached hydrogens (primary N) is 1. The van der Waals surface area contributed by atoms with Gasteiger partial charge in [-0.15, -0.1) is 0 Å². The van der Waals surface area contributed by atoms with E-state index >= 15 is 0 Å². The summed E-state index contributed by atoms with van der Waals surface area (Å²) in [6.45, 7) is 7.08. The van der Waals surface area contributed by atoms with Crippen molar-refractivity contribution in [3.63, 3.8) is 0 Å². The maximum Gasteiger partial charge on any atom is 0.325 e. The molecule has 0 radical (unpaired) electrons. The van der Waals surface area contributed by atoms with E-state index in [1.54, 1.807) is 0 Å². The number of hydrogen-bond acceptors (Lipinski definition) is 3. The van der Waals surface area contributed by atoms with Crippen molar-refractivity contribution in [3.8, 4) is 0 Å². The average molecular weight is 254 g/mol. The topological polar surface area (TPSA) is 66.6 Å². The molecule has 4 heteroatoms. The first-order valence-corrected chi connectivity index (χ1v) is 7.08. The minimum atomic E-state index is -1.02. The van der Waals surface area contributed by atoms with Gasteiger partial charge in [0.25, 0.3) is 0 Å². The highest BCUT2D eigenvalue weighted by Crippen LogP contribution is 2.39. The predicted octanol–water partition coefficient (Wildman–Crippen LogP) is 1.69. The molecule has 0 aromatic heterocycles. The molecular formula is C14H26N2O2. The van der Waals surface area contributed by atoms with Crippen molar-refractivity contribution < 1.29 is 9.90 Å². The maximum atomic E-state index is 11.4. The lowest BCUT2D eigenvalue weighted by atomic mass is 9.85. The molecule has 1 aliphatic heterocycles. The third kappa shape index (κ3) is 3.04. The van der Waals surface area contributed by atoms with Gasteiger partial charge in [0.05, 0.1) is 0 Å². The molecule has 1 heterocycles. The average Bonchev–Trinajstić information content (AvgIpc) is 3.07. The lowest BCUT2D eigenvalue weighted by Crippen LogP contribution is -2.58. The molecule has 2 aliphatic rings. The molecule has 104 valence electrons. The molecule has 3 N–H and O–H groups in total. The minimum Gasteiger partial charge on any atom is -0.480 e. The Hall–Kier alpha value is -0.610. The first-order valence-electron chi connectivity index (χ1n) is 7.08. The fourth-order valence-corrected chi connectivity index (χ4v) is 2.98. The summed E-state index contributed by atoms with van der Waals surface area (Å²) in [5.41, 5.74) is 5.52. The predicted molar refractivity (Wildman–Crippen MR) is 71.4 cm³/mol. The minimum absolute atomic E-state index is 0.186. The Balaban J connectivity index is 1.97. The van der Waals surface area contributed by atoms with E-state index in [1.165, 1.54) is 6.42 Å². The molecule has 1 unspecified atom stereocenters. The van der Waals surface area contributed by atoms with E-state index in [0.717, 1.165) is 38.8 Å². The van der Waals surface area contributed by atoms with Crippen LogP contribution in [0, 0.1) is 11.3 Å². The summed E-state index contributed by atoms with van der Waals surface area (Å²) in [5, 5.41) is 9.39. The molecule has 0 bridgehead atoms. The summed E-state index contributed by atoms with van der Waals surface area (Å²) in [4.78, 5) is 13.7. The zero-order valence-electron chi connectivity index (χ0n) is 11.6. The van der Waals surface area contributed by atoms with Crippen LogP contribution in [0.15, 0.2) is 0 Å². The van der Waals surface area contributed by atoms with E-state index < -0.39 is 11.5 Å². The normalized spacial score (nSPS) is 28.4. The number of carboxylic acids is 1. The SMILES string of the molecule is CC1(C)CCCN(CC(N)(C(=O)O)C2CC2)CC1. The molecule has 1 saturated heterocycles. The van der Waals surface area contributed by atoms with Crippen LogP contribution in [0.2, 0.25) is 0 Å². The van der Waals surface area contributed by atoms with Crippen molar-refractivity contribution in [1.29, 1.82) is 0 Å². The number of likely N-dealkylation sites (tertiary alicyclic amines) is 1. The van der Waals surface area contributed by atoms with E-state index in [1.807, 2.05) is 0 Å². The number of rotatable bonds is 4. The highest BCUT2D eigenvalue weighted by Gasteiger charge is 2.49. The molecule has 1 aliphatic carbocycles. The Morgan fingerprint density at radius 1 is 1.39 bits per heavy atom. The fourth-order valence-electron chi connectivity index (χ4n) is 2.98. The van der Waals surface area contributed by atoms with Gasteiger partial charge in [-0.2, -0.15) is 0 Å². The first kappa shape index (κ1) is 13.8. The zero-order valence-corrected chi connectivity index (χ0v) is 11.6. The Morgan fingerprint density at radius 3 is 2.61 bits per heavy atom. The second-order valence-corrected chi connectivity index (χ2v) is 6.91. The number of carbonyl (C=O) groups is 1. The van der Waals surface area contributed by atoms with Crippen molar-refractivity contribution in [2.24, 2.45) is 17.1 Å². The van der Waals surface area contributed by atoms with Gasteiger partial charge in [0.15, 0.2) is 0 Å². The molecule has 0 amide bonds. The van der Waals surface area contributed by atoms with Gasteiger partial charge in [0.1, 0.15) is 5.54 Å². The second kappa shape index (κ2) is 4.82. The molecule has 1 atom stereocenters. The Bertz CT molecular complexity index is 326. The molecule has 0 spiro atoms. The van der Waals surface area contributed by atoms with Crippen LogP contribution in [0.25, 0.3) is 0 Å². The molecule has 1 saturated carbocycles. The van der Waals surface area contributed by atoms with Crippen molar-refractivity contribution in [2.45, 2.75) is 51.5 Å². The summed E-state index contributed by atoms with van der Waals surface area (Å²) in [6.07, 6.45) is 5.45. The molecule has 4 nitrogen and oxygen atoms in total. The quantitative estimate of drug-likeness (QED) is 0.801. The molecule has 2 fully saturated rings. The van der Waals surface area contributed by atoms with Crippen LogP contribution in [-0.4, -0.2) is 41.1 Å². The summed E-state index contributed by atoms with van der Waals surface area (Å²) >= 11 is 0.